The molecule has 8 heteroatoms. The van der Waals surface area contributed by atoms with Crippen LogP contribution in [0.3, 0.4) is 0 Å². The van der Waals surface area contributed by atoms with Crippen molar-refractivity contribution in [3.05, 3.63) is 41.6 Å². The van der Waals surface area contributed by atoms with Gasteiger partial charge in [0.25, 0.3) is 0 Å². The van der Waals surface area contributed by atoms with Crippen molar-refractivity contribution < 1.29 is 13.9 Å². The molecular weight excluding hydrogens is 385 g/mol. The van der Waals surface area contributed by atoms with Crippen LogP contribution < -0.4 is 4.74 Å². The highest BCUT2D eigenvalue weighted by molar-refractivity contribution is 6.76. The Balaban J connectivity index is 1.99. The predicted octanol–water partition coefficient (Wildman–Crippen LogP) is 5.21. The monoisotopic (exact) mass is 407 g/mol. The summed E-state index contributed by atoms with van der Waals surface area (Å²) in [6, 6.07) is 6.06. The SMILES string of the molecule is COc1ncc(F)cc1-c1cn(COCC[Si](C)(C)C)c2nc(Cl)ccc12. The van der Waals surface area contributed by atoms with Crippen LogP contribution in [0.1, 0.15) is 0 Å². The van der Waals surface area contributed by atoms with Gasteiger partial charge in [-0.2, -0.15) is 0 Å². The number of fused-ring (bicyclic) bond motifs is 1. The van der Waals surface area contributed by atoms with E-state index < -0.39 is 13.9 Å². The summed E-state index contributed by atoms with van der Waals surface area (Å²) in [5.74, 6) is -0.0786. The minimum atomic E-state index is -1.16. The quantitative estimate of drug-likeness (QED) is 0.306. The molecule has 3 heterocycles. The second-order valence-corrected chi connectivity index (χ2v) is 13.6. The summed E-state index contributed by atoms with van der Waals surface area (Å²) in [6.45, 7) is 7.97. The highest BCUT2D eigenvalue weighted by atomic mass is 35.5. The lowest BCUT2D eigenvalue weighted by Gasteiger charge is -2.15. The highest BCUT2D eigenvalue weighted by Gasteiger charge is 2.18. The summed E-state index contributed by atoms with van der Waals surface area (Å²) in [5, 5.41) is 1.22. The minimum absolute atomic E-state index is 0.347. The number of ether oxygens (including phenoxy) is 2. The maximum absolute atomic E-state index is 13.8. The summed E-state index contributed by atoms with van der Waals surface area (Å²) < 4.78 is 26.9. The van der Waals surface area contributed by atoms with E-state index in [1.54, 1.807) is 6.07 Å². The molecule has 0 aliphatic heterocycles. The molecule has 144 valence electrons. The van der Waals surface area contributed by atoms with Gasteiger partial charge in [-0.15, -0.1) is 0 Å². The van der Waals surface area contributed by atoms with Crippen LogP contribution in [0, 0.1) is 5.82 Å². The third-order valence-electron chi connectivity index (χ3n) is 4.22. The van der Waals surface area contributed by atoms with Crippen LogP contribution in [0.2, 0.25) is 30.8 Å². The van der Waals surface area contributed by atoms with Crippen molar-refractivity contribution in [2.75, 3.05) is 13.7 Å². The first-order chi connectivity index (χ1) is 12.8. The molecule has 5 nitrogen and oxygen atoms in total. The van der Waals surface area contributed by atoms with Crippen molar-refractivity contribution in [3.8, 4) is 17.0 Å². The van der Waals surface area contributed by atoms with E-state index >= 15 is 0 Å². The lowest BCUT2D eigenvalue weighted by molar-refractivity contribution is 0.0899. The van der Waals surface area contributed by atoms with Crippen molar-refractivity contribution in [3.63, 3.8) is 0 Å². The Morgan fingerprint density at radius 1 is 1.22 bits per heavy atom. The van der Waals surface area contributed by atoms with Crippen molar-refractivity contribution >= 4 is 30.7 Å². The number of methoxy groups -OCH3 is 1. The molecule has 0 aliphatic rings. The summed E-state index contributed by atoms with van der Waals surface area (Å²) in [4.78, 5) is 8.46. The Hall–Kier alpha value is -1.96. The van der Waals surface area contributed by atoms with E-state index in [0.717, 1.165) is 23.2 Å². The van der Waals surface area contributed by atoms with Gasteiger partial charge in [-0.3, -0.25) is 0 Å². The van der Waals surface area contributed by atoms with E-state index in [0.29, 0.717) is 35.6 Å². The fourth-order valence-corrected chi connectivity index (χ4v) is 3.68. The first kappa shape index (κ1) is 19.8. The van der Waals surface area contributed by atoms with Crippen LogP contribution in [0.15, 0.2) is 30.6 Å². The standard InChI is InChI=1S/C19H23ClFN3O2Si/c1-25-19-15(9-13(21)10-22-19)16-11-24(12-26-7-8-27(2,3)4)18-14(16)5-6-17(20)23-18/h5-6,9-11H,7-8,12H2,1-4H3. The molecule has 0 fully saturated rings. The van der Waals surface area contributed by atoms with Crippen molar-refractivity contribution in [2.45, 2.75) is 32.4 Å². The summed E-state index contributed by atoms with van der Waals surface area (Å²) >= 11 is 6.09. The van der Waals surface area contributed by atoms with E-state index in [1.165, 1.54) is 13.2 Å². The van der Waals surface area contributed by atoms with Gasteiger partial charge in [-0.05, 0) is 24.2 Å². The van der Waals surface area contributed by atoms with Crippen LogP contribution in [-0.4, -0.2) is 36.3 Å². The maximum Gasteiger partial charge on any atom is 0.221 e. The molecule has 0 aromatic carbocycles. The number of aromatic nitrogens is 3. The number of pyridine rings is 2. The molecule has 0 atom stereocenters. The Bertz CT molecular complexity index is 956. The molecule has 3 rings (SSSR count). The summed E-state index contributed by atoms with van der Waals surface area (Å²) in [6.07, 6.45) is 3.01. The van der Waals surface area contributed by atoms with Gasteiger partial charge in [-0.25, -0.2) is 14.4 Å². The van der Waals surface area contributed by atoms with E-state index in [9.17, 15) is 4.39 Å². The summed E-state index contributed by atoms with van der Waals surface area (Å²) in [7, 11) is 0.350. The van der Waals surface area contributed by atoms with Gasteiger partial charge in [0.05, 0.1) is 13.3 Å². The van der Waals surface area contributed by atoms with E-state index in [2.05, 4.69) is 29.6 Å². The Morgan fingerprint density at radius 2 is 2.00 bits per heavy atom. The molecule has 0 bridgehead atoms. The Morgan fingerprint density at radius 3 is 2.70 bits per heavy atom. The molecule has 0 aliphatic carbocycles. The van der Waals surface area contributed by atoms with Gasteiger partial charge in [0.1, 0.15) is 23.3 Å². The van der Waals surface area contributed by atoms with Crippen LogP contribution >= 0.6 is 11.6 Å². The van der Waals surface area contributed by atoms with E-state index in [4.69, 9.17) is 21.1 Å². The zero-order valence-electron chi connectivity index (χ0n) is 15.9. The molecule has 3 aromatic rings. The van der Waals surface area contributed by atoms with Crippen LogP contribution in [0.25, 0.3) is 22.2 Å². The molecule has 3 aromatic heterocycles. The normalized spacial score (nSPS) is 11.9. The number of rotatable bonds is 7. The Kier molecular flexibility index (Phi) is 5.83. The second-order valence-electron chi connectivity index (χ2n) is 7.58. The van der Waals surface area contributed by atoms with Gasteiger partial charge in [-0.1, -0.05) is 31.2 Å². The molecule has 0 radical (unpaired) electrons. The van der Waals surface area contributed by atoms with Gasteiger partial charge in [0, 0.05) is 37.4 Å². The third kappa shape index (κ3) is 4.66. The summed E-state index contributed by atoms with van der Waals surface area (Å²) in [5.41, 5.74) is 2.01. The molecule has 0 unspecified atom stereocenters. The molecule has 0 N–H and O–H groups in total. The molecular formula is C19H23ClFN3O2Si. The van der Waals surface area contributed by atoms with Gasteiger partial charge in [0.15, 0.2) is 0 Å². The number of halogens is 2. The smallest absolute Gasteiger partial charge is 0.221 e. The van der Waals surface area contributed by atoms with E-state index in [1.807, 2.05) is 16.8 Å². The maximum atomic E-state index is 13.8. The van der Waals surface area contributed by atoms with Crippen LogP contribution in [0.4, 0.5) is 4.39 Å². The zero-order chi connectivity index (χ0) is 19.6. The lowest BCUT2D eigenvalue weighted by atomic mass is 10.1. The third-order valence-corrected chi connectivity index (χ3v) is 6.13. The first-order valence-electron chi connectivity index (χ1n) is 8.71. The van der Waals surface area contributed by atoms with Crippen molar-refractivity contribution in [2.24, 2.45) is 0 Å². The lowest BCUT2D eigenvalue weighted by Crippen LogP contribution is -2.22. The second kappa shape index (κ2) is 7.96. The molecule has 0 saturated carbocycles. The topological polar surface area (TPSA) is 49.2 Å². The molecule has 0 spiro atoms. The largest absolute Gasteiger partial charge is 0.481 e. The average Bonchev–Trinajstić information content (AvgIpc) is 2.95. The van der Waals surface area contributed by atoms with Crippen molar-refractivity contribution in [1.82, 2.24) is 14.5 Å². The minimum Gasteiger partial charge on any atom is -0.481 e. The fourth-order valence-electron chi connectivity index (χ4n) is 2.78. The zero-order valence-corrected chi connectivity index (χ0v) is 17.7. The molecule has 0 amide bonds. The van der Waals surface area contributed by atoms with Gasteiger partial charge in [0.2, 0.25) is 5.88 Å². The number of nitrogens with zero attached hydrogens (tertiary/aromatic N) is 3. The van der Waals surface area contributed by atoms with Crippen LogP contribution in [0.5, 0.6) is 5.88 Å². The Labute approximate surface area is 164 Å². The van der Waals surface area contributed by atoms with Gasteiger partial charge < -0.3 is 14.0 Å². The van der Waals surface area contributed by atoms with E-state index in [-0.39, 0.29) is 0 Å². The predicted molar refractivity (Wildman–Crippen MR) is 109 cm³/mol. The highest BCUT2D eigenvalue weighted by Crippen LogP contribution is 2.35. The van der Waals surface area contributed by atoms with Gasteiger partial charge >= 0.3 is 0 Å². The van der Waals surface area contributed by atoms with Crippen molar-refractivity contribution in [1.29, 1.82) is 0 Å². The number of hydrogen-bond acceptors (Lipinski definition) is 4. The first-order valence-corrected chi connectivity index (χ1v) is 12.8. The van der Waals surface area contributed by atoms with Crippen LogP contribution in [-0.2, 0) is 11.5 Å². The fraction of sp³-hybridized carbons (Fsp3) is 0.368. The average molecular weight is 408 g/mol. The molecule has 0 saturated heterocycles. The molecule has 27 heavy (non-hydrogen) atoms. The number of hydrogen-bond donors (Lipinski definition) is 0.